The number of amides is 2. The van der Waals surface area contributed by atoms with Crippen molar-refractivity contribution < 1.29 is 154 Å². The molecule has 6 heterocycles. The molecule has 2 amide bonds. The lowest BCUT2D eigenvalue weighted by Crippen LogP contribution is -2.71. The minimum absolute atomic E-state index is 0.839. The molecule has 6 aliphatic rings. The zero-order valence-electron chi connectivity index (χ0n) is 38.9. The maximum Gasteiger partial charge on any atom is 0.217 e. The molecule has 6 rings (SSSR count). The molecule has 6 aliphatic heterocycles. The average Bonchev–Trinajstić information content (AvgIpc) is 3.35. The van der Waals surface area contributed by atoms with Crippen LogP contribution in [0.4, 0.5) is 0 Å². The van der Waals surface area contributed by atoms with Crippen LogP contribution in [-0.2, 0) is 61.7 Å². The molecular formula is C40H68N2O31. The van der Waals surface area contributed by atoms with Crippen molar-refractivity contribution in [3.05, 3.63) is 0 Å². The number of carbonyl (C=O) groups excluding carboxylic acids is 2. The third-order valence-corrected chi connectivity index (χ3v) is 13.2. The molecule has 0 bridgehead atoms. The summed E-state index contributed by atoms with van der Waals surface area (Å²) in [6.45, 7) is -3.84. The molecule has 73 heavy (non-hydrogen) atoms. The van der Waals surface area contributed by atoms with Crippen molar-refractivity contribution in [2.75, 3.05) is 39.6 Å². The third-order valence-electron chi connectivity index (χ3n) is 13.2. The number of aliphatic hydroxyl groups is 18. The van der Waals surface area contributed by atoms with Crippen LogP contribution < -0.4 is 10.6 Å². The highest BCUT2D eigenvalue weighted by Gasteiger charge is 2.58. The highest BCUT2D eigenvalue weighted by atomic mass is 16.8. The first-order chi connectivity index (χ1) is 34.5. The standard InChI is InChI=1S/C40H68N2O31/c1-9(49)41-17-23(55)30(16(8-48)68-36(17)72-33-21(53)13(5-45)67-40(28(33)60)70-31-15(7-47)63-35(62)26(58)25(31)57)69-39-29(61)34(22(54)14(6-46)66-39)73-37-18(42-10(2)50)32(20(52)12(4-44)64-37)71-38-27(59)24(56)19(51)11(3-43)65-38/h11-40,43-48,51-62H,3-8H2,1-2H3,(H,41,49)(H,42,50)/t11-,12-,13-,14-,15-,16-,17-,18-,19+,20-,21+,22+,23-,24+,25-,26-,27-,28-,29-,30-,31-,32-,33+,34+,35-,36+,37+,38+,39+,40+/m1/s1. The molecule has 0 saturated carbocycles. The van der Waals surface area contributed by atoms with E-state index in [4.69, 9.17) is 52.1 Å². The van der Waals surface area contributed by atoms with Gasteiger partial charge in [-0.3, -0.25) is 9.59 Å². The molecule has 33 nitrogen and oxygen atoms in total. The SMILES string of the molecule is CC(=O)N[C@H]1[C@H](O[C@H]2[C@@H](O)[C@@H](CO)O[C@@H](O[C@H]3[C@H](O)[C@@H](O)[C@H](O)O[C@@H]3CO)[C@@H]2O)O[C@H](CO)[C@@H](O[C@@H]2O[C@H](CO)[C@H](O)[C@H](O[C@@H]3O[C@H](CO)[C@@H](O)[C@H](O[C@@H]4O[C@H](CO)[C@H](O)[C@H](O)[C@H]4O)[C@H]3NC(C)=O)[C@H]2O)[C@@H]1O. The zero-order valence-corrected chi connectivity index (χ0v) is 38.9. The minimum Gasteiger partial charge on any atom is -0.394 e. The number of ether oxygens (including phenoxy) is 11. The molecule has 0 aliphatic carbocycles. The summed E-state index contributed by atoms with van der Waals surface area (Å²) < 4.78 is 62.6. The van der Waals surface area contributed by atoms with Crippen molar-refractivity contribution >= 4 is 11.8 Å². The van der Waals surface area contributed by atoms with E-state index in [1.807, 2.05) is 0 Å². The lowest BCUT2D eigenvalue weighted by Gasteiger charge is -2.51. The Morgan fingerprint density at radius 2 is 0.658 bits per heavy atom. The van der Waals surface area contributed by atoms with Crippen LogP contribution in [0.2, 0.25) is 0 Å². The molecule has 0 aromatic carbocycles. The van der Waals surface area contributed by atoms with Crippen LogP contribution in [0.1, 0.15) is 13.8 Å². The highest BCUT2D eigenvalue weighted by molar-refractivity contribution is 5.73. The molecule has 33 heteroatoms. The number of hydrogen-bond donors (Lipinski definition) is 20. The fourth-order valence-electron chi connectivity index (χ4n) is 9.32. The van der Waals surface area contributed by atoms with Gasteiger partial charge in [-0.1, -0.05) is 0 Å². The maximum absolute atomic E-state index is 12.6. The maximum atomic E-state index is 12.6. The monoisotopic (exact) mass is 1070 g/mol. The van der Waals surface area contributed by atoms with Crippen LogP contribution in [0.15, 0.2) is 0 Å². The van der Waals surface area contributed by atoms with Gasteiger partial charge >= 0.3 is 0 Å². The molecule has 424 valence electrons. The van der Waals surface area contributed by atoms with E-state index in [0.717, 1.165) is 13.8 Å². The molecule has 0 aromatic heterocycles. The number of hydrogen-bond acceptors (Lipinski definition) is 31. The Kier molecular flexibility index (Phi) is 21.3. The van der Waals surface area contributed by atoms with Crippen molar-refractivity contribution in [2.45, 2.75) is 198 Å². The second-order valence-corrected chi connectivity index (χ2v) is 18.2. The first-order valence-corrected chi connectivity index (χ1v) is 23.1. The summed E-state index contributed by atoms with van der Waals surface area (Å²) in [6, 6.07) is -3.53. The Morgan fingerprint density at radius 3 is 1.11 bits per heavy atom. The van der Waals surface area contributed by atoms with Gasteiger partial charge in [-0.15, -0.1) is 0 Å². The second-order valence-electron chi connectivity index (χ2n) is 18.2. The predicted molar refractivity (Wildman–Crippen MR) is 222 cm³/mol. The Morgan fingerprint density at radius 1 is 0.329 bits per heavy atom. The molecular weight excluding hydrogens is 1000 g/mol. The van der Waals surface area contributed by atoms with Gasteiger partial charge in [-0.2, -0.15) is 0 Å². The lowest BCUT2D eigenvalue weighted by atomic mass is 9.93. The summed E-state index contributed by atoms with van der Waals surface area (Å²) >= 11 is 0. The second kappa shape index (κ2) is 26.0. The van der Waals surface area contributed by atoms with Crippen molar-refractivity contribution in [1.82, 2.24) is 10.6 Å². The van der Waals surface area contributed by atoms with Crippen LogP contribution in [0.25, 0.3) is 0 Å². The van der Waals surface area contributed by atoms with Crippen molar-refractivity contribution in [2.24, 2.45) is 0 Å². The van der Waals surface area contributed by atoms with Crippen LogP contribution in [-0.4, -0.2) is 327 Å². The van der Waals surface area contributed by atoms with Gasteiger partial charge in [-0.05, 0) is 0 Å². The van der Waals surface area contributed by atoms with E-state index in [2.05, 4.69) is 10.6 Å². The van der Waals surface area contributed by atoms with Gasteiger partial charge in [0.2, 0.25) is 11.8 Å². The lowest BCUT2D eigenvalue weighted by molar-refractivity contribution is -0.386. The van der Waals surface area contributed by atoms with Gasteiger partial charge in [0.15, 0.2) is 37.7 Å². The number of aliphatic hydroxyl groups excluding tert-OH is 18. The van der Waals surface area contributed by atoms with E-state index in [1.165, 1.54) is 0 Å². The molecule has 30 atom stereocenters. The quantitative estimate of drug-likeness (QED) is 0.0606. The molecule has 6 fully saturated rings. The van der Waals surface area contributed by atoms with Crippen LogP contribution >= 0.6 is 0 Å². The van der Waals surface area contributed by atoms with Crippen molar-refractivity contribution in [1.29, 1.82) is 0 Å². The molecule has 0 aromatic rings. The summed E-state index contributed by atoms with van der Waals surface area (Å²) in [4.78, 5) is 25.2. The van der Waals surface area contributed by atoms with E-state index in [0.29, 0.717) is 0 Å². The smallest absolute Gasteiger partial charge is 0.217 e. The van der Waals surface area contributed by atoms with Gasteiger partial charge in [0, 0.05) is 13.8 Å². The number of carbonyl (C=O) groups is 2. The van der Waals surface area contributed by atoms with Gasteiger partial charge in [0.05, 0.1) is 39.6 Å². The van der Waals surface area contributed by atoms with E-state index < -0.39 is 236 Å². The Bertz CT molecular complexity index is 1750. The summed E-state index contributed by atoms with van der Waals surface area (Å²) in [6.07, 6.45) is -53.3. The zero-order chi connectivity index (χ0) is 53.9. The van der Waals surface area contributed by atoms with Gasteiger partial charge < -0.3 is 155 Å². The van der Waals surface area contributed by atoms with Crippen molar-refractivity contribution in [3.8, 4) is 0 Å². The molecule has 0 spiro atoms. The summed E-state index contributed by atoms with van der Waals surface area (Å²) in [5, 5.41) is 196. The Labute approximate surface area is 413 Å². The largest absolute Gasteiger partial charge is 0.394 e. The predicted octanol–water partition coefficient (Wildman–Crippen LogP) is -13.8. The number of rotatable bonds is 18. The highest BCUT2D eigenvalue weighted by Crippen LogP contribution is 2.37. The molecule has 0 unspecified atom stereocenters. The first-order valence-electron chi connectivity index (χ1n) is 23.1. The van der Waals surface area contributed by atoms with Crippen LogP contribution in [0, 0.1) is 0 Å². The van der Waals surface area contributed by atoms with E-state index in [1.54, 1.807) is 0 Å². The topological polar surface area (TPSA) is 524 Å². The fourth-order valence-corrected chi connectivity index (χ4v) is 9.32. The summed E-state index contributed by atoms with van der Waals surface area (Å²) in [7, 11) is 0. The van der Waals surface area contributed by atoms with Gasteiger partial charge in [-0.25, -0.2) is 0 Å². The van der Waals surface area contributed by atoms with Crippen molar-refractivity contribution in [3.63, 3.8) is 0 Å². The third kappa shape index (κ3) is 12.9. The Hall–Kier alpha value is -2.22. The minimum atomic E-state index is -2.23. The Balaban J connectivity index is 1.23. The number of nitrogens with one attached hydrogen (secondary N) is 2. The van der Waals surface area contributed by atoms with E-state index in [-0.39, 0.29) is 0 Å². The van der Waals surface area contributed by atoms with Gasteiger partial charge in [0.25, 0.3) is 0 Å². The summed E-state index contributed by atoms with van der Waals surface area (Å²) in [5.74, 6) is -1.70. The average molecular weight is 1070 g/mol. The first kappa shape index (κ1) is 60.0. The molecule has 6 saturated heterocycles. The normalized spacial score (nSPS) is 49.8. The molecule has 0 radical (unpaired) electrons. The van der Waals surface area contributed by atoms with E-state index >= 15 is 0 Å². The molecule has 20 N–H and O–H groups in total. The van der Waals surface area contributed by atoms with E-state index in [9.17, 15) is 102 Å². The fraction of sp³-hybridized carbons (Fsp3) is 0.950. The van der Waals surface area contributed by atoms with Crippen LogP contribution in [0.3, 0.4) is 0 Å². The summed E-state index contributed by atoms with van der Waals surface area (Å²) in [5.41, 5.74) is 0. The van der Waals surface area contributed by atoms with Gasteiger partial charge in [0.1, 0.15) is 146 Å². The van der Waals surface area contributed by atoms with Crippen LogP contribution in [0.5, 0.6) is 0 Å².